The second kappa shape index (κ2) is 4.63. The van der Waals surface area contributed by atoms with E-state index in [-0.39, 0.29) is 11.5 Å². The predicted molar refractivity (Wildman–Crippen MR) is 67.1 cm³/mol. The lowest BCUT2D eigenvalue weighted by atomic mass is 9.82. The lowest BCUT2D eigenvalue weighted by Crippen LogP contribution is -2.21. The minimum atomic E-state index is 0.175. The summed E-state index contributed by atoms with van der Waals surface area (Å²) in [6.07, 6.45) is 1.95. The van der Waals surface area contributed by atoms with Crippen LogP contribution in [0.2, 0.25) is 0 Å². The van der Waals surface area contributed by atoms with Crippen molar-refractivity contribution >= 4 is 0 Å². The van der Waals surface area contributed by atoms with Crippen molar-refractivity contribution in [2.45, 2.75) is 32.2 Å². The van der Waals surface area contributed by atoms with Gasteiger partial charge in [-0.25, -0.2) is 0 Å². The van der Waals surface area contributed by atoms with Crippen molar-refractivity contribution in [3.8, 4) is 0 Å². The molecule has 0 aromatic heterocycles. The van der Waals surface area contributed by atoms with Gasteiger partial charge in [-0.1, -0.05) is 51.1 Å². The summed E-state index contributed by atoms with van der Waals surface area (Å²) >= 11 is 0. The summed E-state index contributed by atoms with van der Waals surface area (Å²) in [5, 5.41) is 3.26. The Balaban J connectivity index is 3.22. The van der Waals surface area contributed by atoms with Gasteiger partial charge in [-0.05, 0) is 23.6 Å². The Labute approximate surface area is 93.2 Å². The standard InChI is InChI=1S/C14H21N/c1-6-13(15-5)11-9-7-8-10-12(11)14(2,3)4/h6-10,13,15H,1H2,2-5H3. The van der Waals surface area contributed by atoms with Crippen LogP contribution in [0.5, 0.6) is 0 Å². The Morgan fingerprint density at radius 2 is 1.87 bits per heavy atom. The molecule has 15 heavy (non-hydrogen) atoms. The monoisotopic (exact) mass is 203 g/mol. The van der Waals surface area contributed by atoms with Crippen LogP contribution in [-0.4, -0.2) is 7.05 Å². The van der Waals surface area contributed by atoms with E-state index in [1.165, 1.54) is 11.1 Å². The fourth-order valence-electron chi connectivity index (χ4n) is 1.85. The van der Waals surface area contributed by atoms with Gasteiger partial charge in [0.15, 0.2) is 0 Å². The Morgan fingerprint density at radius 1 is 1.27 bits per heavy atom. The number of hydrogen-bond donors (Lipinski definition) is 1. The van der Waals surface area contributed by atoms with Crippen molar-refractivity contribution in [1.82, 2.24) is 5.32 Å². The average molecular weight is 203 g/mol. The molecule has 1 aromatic carbocycles. The van der Waals surface area contributed by atoms with Crippen LogP contribution in [0.3, 0.4) is 0 Å². The van der Waals surface area contributed by atoms with E-state index in [1.807, 2.05) is 13.1 Å². The van der Waals surface area contributed by atoms with Gasteiger partial charge in [-0.2, -0.15) is 0 Å². The molecule has 0 heterocycles. The van der Waals surface area contributed by atoms with E-state index in [1.54, 1.807) is 0 Å². The molecule has 1 rings (SSSR count). The van der Waals surface area contributed by atoms with Crippen molar-refractivity contribution in [2.75, 3.05) is 7.05 Å². The van der Waals surface area contributed by atoms with Crippen LogP contribution in [-0.2, 0) is 5.41 Å². The third-order valence-electron chi connectivity index (χ3n) is 2.65. The van der Waals surface area contributed by atoms with Crippen LogP contribution >= 0.6 is 0 Å². The molecule has 1 aromatic rings. The van der Waals surface area contributed by atoms with E-state index < -0.39 is 0 Å². The summed E-state index contributed by atoms with van der Waals surface area (Å²) in [5.74, 6) is 0. The van der Waals surface area contributed by atoms with Gasteiger partial charge in [0.05, 0.1) is 6.04 Å². The summed E-state index contributed by atoms with van der Waals surface area (Å²) < 4.78 is 0. The summed E-state index contributed by atoms with van der Waals surface area (Å²) in [6, 6.07) is 8.78. The maximum Gasteiger partial charge on any atom is 0.0504 e. The zero-order valence-corrected chi connectivity index (χ0v) is 10.2. The van der Waals surface area contributed by atoms with E-state index in [2.05, 4.69) is 56.9 Å². The van der Waals surface area contributed by atoms with Crippen LogP contribution in [0.25, 0.3) is 0 Å². The van der Waals surface area contributed by atoms with Crippen LogP contribution in [0.1, 0.15) is 37.9 Å². The van der Waals surface area contributed by atoms with E-state index in [4.69, 9.17) is 0 Å². The van der Waals surface area contributed by atoms with Crippen molar-refractivity contribution in [3.05, 3.63) is 48.0 Å². The average Bonchev–Trinajstić information content (AvgIpc) is 2.19. The highest BCUT2D eigenvalue weighted by Crippen LogP contribution is 2.29. The van der Waals surface area contributed by atoms with Gasteiger partial charge in [-0.15, -0.1) is 6.58 Å². The van der Waals surface area contributed by atoms with Crippen molar-refractivity contribution in [1.29, 1.82) is 0 Å². The highest BCUT2D eigenvalue weighted by Gasteiger charge is 2.19. The molecule has 1 N–H and O–H groups in total. The lowest BCUT2D eigenvalue weighted by Gasteiger charge is -2.26. The largest absolute Gasteiger partial charge is 0.310 e. The van der Waals surface area contributed by atoms with E-state index >= 15 is 0 Å². The molecular formula is C14H21N. The van der Waals surface area contributed by atoms with Gasteiger partial charge in [0, 0.05) is 0 Å². The molecule has 82 valence electrons. The molecule has 0 aliphatic heterocycles. The van der Waals surface area contributed by atoms with Gasteiger partial charge < -0.3 is 5.32 Å². The third-order valence-corrected chi connectivity index (χ3v) is 2.65. The van der Waals surface area contributed by atoms with E-state index in [9.17, 15) is 0 Å². The molecule has 0 spiro atoms. The summed E-state index contributed by atoms with van der Waals surface area (Å²) in [5.41, 5.74) is 2.88. The molecule has 1 heteroatoms. The number of rotatable bonds is 3. The first-order chi connectivity index (χ1) is 7.00. The van der Waals surface area contributed by atoms with Gasteiger partial charge in [0.25, 0.3) is 0 Å². The molecule has 1 atom stereocenters. The molecular weight excluding hydrogens is 182 g/mol. The highest BCUT2D eigenvalue weighted by atomic mass is 14.9. The minimum absolute atomic E-state index is 0.175. The van der Waals surface area contributed by atoms with Crippen LogP contribution in [0.4, 0.5) is 0 Å². The maximum atomic E-state index is 3.87. The van der Waals surface area contributed by atoms with Crippen LogP contribution in [0.15, 0.2) is 36.9 Å². The second-order valence-corrected chi connectivity index (χ2v) is 4.84. The van der Waals surface area contributed by atoms with Crippen molar-refractivity contribution in [2.24, 2.45) is 0 Å². The molecule has 0 aliphatic carbocycles. The third kappa shape index (κ3) is 2.69. The molecule has 0 amide bonds. The van der Waals surface area contributed by atoms with Gasteiger partial charge >= 0.3 is 0 Å². The first-order valence-corrected chi connectivity index (χ1v) is 5.40. The summed E-state index contributed by atoms with van der Waals surface area (Å²) in [4.78, 5) is 0. The molecule has 0 bridgehead atoms. The lowest BCUT2D eigenvalue weighted by molar-refractivity contribution is 0.570. The molecule has 1 nitrogen and oxygen atoms in total. The quantitative estimate of drug-likeness (QED) is 0.742. The molecule has 1 unspecified atom stereocenters. The zero-order valence-electron chi connectivity index (χ0n) is 10.2. The summed E-state index contributed by atoms with van der Waals surface area (Å²) in [6.45, 7) is 10.6. The topological polar surface area (TPSA) is 12.0 Å². The number of likely N-dealkylation sites (N-methyl/N-ethyl adjacent to an activating group) is 1. The predicted octanol–water partition coefficient (Wildman–Crippen LogP) is 3.43. The van der Waals surface area contributed by atoms with Gasteiger partial charge in [-0.3, -0.25) is 0 Å². The Bertz CT molecular complexity index is 333. The molecule has 0 saturated carbocycles. The van der Waals surface area contributed by atoms with Crippen molar-refractivity contribution < 1.29 is 0 Å². The fraction of sp³-hybridized carbons (Fsp3) is 0.429. The number of benzene rings is 1. The Morgan fingerprint density at radius 3 is 2.33 bits per heavy atom. The molecule has 0 saturated heterocycles. The second-order valence-electron chi connectivity index (χ2n) is 4.84. The smallest absolute Gasteiger partial charge is 0.0504 e. The number of nitrogens with one attached hydrogen (secondary N) is 1. The first-order valence-electron chi connectivity index (χ1n) is 5.40. The fourth-order valence-corrected chi connectivity index (χ4v) is 1.85. The SMILES string of the molecule is C=CC(NC)c1ccccc1C(C)(C)C. The van der Waals surface area contributed by atoms with Gasteiger partial charge in [0.2, 0.25) is 0 Å². The highest BCUT2D eigenvalue weighted by molar-refractivity contribution is 5.36. The Kier molecular flexibility index (Phi) is 3.70. The first kappa shape index (κ1) is 12.0. The van der Waals surface area contributed by atoms with E-state index in [0.29, 0.717) is 0 Å². The van der Waals surface area contributed by atoms with Gasteiger partial charge in [0.1, 0.15) is 0 Å². The maximum absolute atomic E-state index is 3.87. The Hall–Kier alpha value is -1.08. The summed E-state index contributed by atoms with van der Waals surface area (Å²) in [7, 11) is 1.96. The van der Waals surface area contributed by atoms with E-state index in [0.717, 1.165) is 0 Å². The zero-order chi connectivity index (χ0) is 11.5. The van der Waals surface area contributed by atoms with Crippen LogP contribution < -0.4 is 5.32 Å². The van der Waals surface area contributed by atoms with Crippen LogP contribution in [0, 0.1) is 0 Å². The van der Waals surface area contributed by atoms with Crippen molar-refractivity contribution in [3.63, 3.8) is 0 Å². The minimum Gasteiger partial charge on any atom is -0.310 e. The normalized spacial score (nSPS) is 13.6. The number of hydrogen-bond acceptors (Lipinski definition) is 1. The molecule has 0 fully saturated rings. The molecule has 0 radical (unpaired) electrons. The molecule has 0 aliphatic rings.